The van der Waals surface area contributed by atoms with Crippen molar-refractivity contribution in [1.82, 2.24) is 15.0 Å². The zero-order valence-electron chi connectivity index (χ0n) is 16.8. The summed E-state index contributed by atoms with van der Waals surface area (Å²) in [5.74, 6) is 1.12. The van der Waals surface area contributed by atoms with Crippen LogP contribution in [-0.2, 0) is 11.2 Å². The molecule has 0 aromatic carbocycles. The quantitative estimate of drug-likeness (QED) is 0.702. The van der Waals surface area contributed by atoms with Crippen LogP contribution in [0.25, 0.3) is 0 Å². The summed E-state index contributed by atoms with van der Waals surface area (Å²) in [7, 11) is 0. The number of aryl methyl sites for hydroxylation is 1. The highest BCUT2D eigenvalue weighted by atomic mass is 35.5. The Bertz CT molecular complexity index is 870. The first-order valence-electron chi connectivity index (χ1n) is 10.1. The molecule has 29 heavy (non-hydrogen) atoms. The van der Waals surface area contributed by atoms with Crippen LogP contribution in [0.1, 0.15) is 32.4 Å². The molecule has 8 heteroatoms. The van der Waals surface area contributed by atoms with Gasteiger partial charge in [-0.2, -0.15) is 0 Å². The Hall–Kier alpha value is -1.70. The fourth-order valence-corrected chi connectivity index (χ4v) is 5.53. The molecule has 0 aliphatic carbocycles. The monoisotopic (exact) mass is 431 g/mol. The minimum atomic E-state index is 0.107. The van der Waals surface area contributed by atoms with Gasteiger partial charge in [0.1, 0.15) is 10.8 Å². The molecular weight excluding hydrogens is 406 g/mol. The van der Waals surface area contributed by atoms with E-state index in [0.717, 1.165) is 60.4 Å². The largest absolute Gasteiger partial charge is 0.377 e. The van der Waals surface area contributed by atoms with Gasteiger partial charge in [0.25, 0.3) is 0 Å². The molecule has 2 aromatic rings. The Balaban J connectivity index is 1.41. The second-order valence-electron chi connectivity index (χ2n) is 7.80. The standard InChI is InChI=1S/C21H26ClN5OS/c1-3-16-20(22)17(4-7-24-16)29-19-12-25-18(11-26-19)27-8-5-21(6-9-27)13-28-14(2)15(21)10-23/h4,7,10-12,14-15,23H,3,5-6,8-9,13H2,1-2H3/t14-,15?/m0/s1. The minimum absolute atomic E-state index is 0.107. The van der Waals surface area contributed by atoms with E-state index in [1.807, 2.05) is 25.4 Å². The average Bonchev–Trinajstić information content (AvgIpc) is 3.05. The third-order valence-electron chi connectivity index (χ3n) is 6.20. The molecule has 0 radical (unpaired) electrons. The number of ether oxygens (including phenoxy) is 1. The fourth-order valence-electron chi connectivity index (χ4n) is 4.40. The van der Waals surface area contributed by atoms with Crippen molar-refractivity contribution in [2.24, 2.45) is 11.3 Å². The normalized spacial score (nSPS) is 23.5. The van der Waals surface area contributed by atoms with E-state index in [2.05, 4.69) is 26.8 Å². The summed E-state index contributed by atoms with van der Waals surface area (Å²) in [5, 5.41) is 9.32. The van der Waals surface area contributed by atoms with Gasteiger partial charge in [-0.05, 0) is 32.3 Å². The molecule has 2 aromatic heterocycles. The van der Waals surface area contributed by atoms with Gasteiger partial charge in [-0.3, -0.25) is 4.98 Å². The van der Waals surface area contributed by atoms with E-state index in [4.69, 9.17) is 21.7 Å². The smallest absolute Gasteiger partial charge is 0.147 e. The first kappa shape index (κ1) is 20.6. The Morgan fingerprint density at radius 1 is 1.31 bits per heavy atom. The number of nitrogens with zero attached hydrogens (tertiary/aromatic N) is 4. The van der Waals surface area contributed by atoms with Gasteiger partial charge < -0.3 is 15.0 Å². The minimum Gasteiger partial charge on any atom is -0.377 e. The lowest BCUT2D eigenvalue weighted by molar-refractivity contribution is 0.0973. The summed E-state index contributed by atoms with van der Waals surface area (Å²) in [6, 6.07) is 1.91. The van der Waals surface area contributed by atoms with Crippen LogP contribution in [0, 0.1) is 16.7 Å². The van der Waals surface area contributed by atoms with E-state index >= 15 is 0 Å². The van der Waals surface area contributed by atoms with Crippen molar-refractivity contribution in [2.75, 3.05) is 24.6 Å². The summed E-state index contributed by atoms with van der Waals surface area (Å²) in [4.78, 5) is 16.8. The zero-order valence-corrected chi connectivity index (χ0v) is 18.3. The first-order chi connectivity index (χ1) is 14.1. The second kappa shape index (κ2) is 8.58. The lowest BCUT2D eigenvalue weighted by atomic mass is 9.69. The number of hydrogen-bond acceptors (Lipinski definition) is 7. The highest BCUT2D eigenvalue weighted by Gasteiger charge is 2.48. The number of anilines is 1. The molecule has 2 aliphatic heterocycles. The van der Waals surface area contributed by atoms with Crippen molar-refractivity contribution in [1.29, 1.82) is 5.41 Å². The van der Waals surface area contributed by atoms with Crippen LogP contribution >= 0.6 is 23.4 Å². The Kier molecular flexibility index (Phi) is 6.08. The van der Waals surface area contributed by atoms with Crippen LogP contribution in [0.2, 0.25) is 5.02 Å². The molecule has 4 heterocycles. The van der Waals surface area contributed by atoms with Gasteiger partial charge in [-0.15, -0.1) is 0 Å². The molecule has 2 saturated heterocycles. The number of piperidine rings is 1. The molecule has 4 rings (SSSR count). The summed E-state index contributed by atoms with van der Waals surface area (Å²) in [6.45, 7) is 6.71. The highest BCUT2D eigenvalue weighted by molar-refractivity contribution is 7.99. The molecular formula is C21H26ClN5OS. The van der Waals surface area contributed by atoms with E-state index in [-0.39, 0.29) is 17.4 Å². The van der Waals surface area contributed by atoms with Gasteiger partial charge in [0, 0.05) is 41.7 Å². The van der Waals surface area contributed by atoms with Gasteiger partial charge in [-0.1, -0.05) is 30.3 Å². The van der Waals surface area contributed by atoms with E-state index in [1.165, 1.54) is 11.8 Å². The third kappa shape index (κ3) is 4.00. The molecule has 6 nitrogen and oxygen atoms in total. The topological polar surface area (TPSA) is 75.0 Å². The highest BCUT2D eigenvalue weighted by Crippen LogP contribution is 2.46. The van der Waals surface area contributed by atoms with E-state index in [9.17, 15) is 0 Å². The van der Waals surface area contributed by atoms with E-state index in [0.29, 0.717) is 5.02 Å². The average molecular weight is 432 g/mol. The van der Waals surface area contributed by atoms with E-state index in [1.54, 1.807) is 12.4 Å². The Labute approximate surface area is 181 Å². The van der Waals surface area contributed by atoms with Crippen LogP contribution in [0.15, 0.2) is 34.6 Å². The van der Waals surface area contributed by atoms with Gasteiger partial charge >= 0.3 is 0 Å². The van der Waals surface area contributed by atoms with Crippen LogP contribution in [-0.4, -0.2) is 47.0 Å². The van der Waals surface area contributed by atoms with Crippen molar-refractivity contribution in [3.8, 4) is 0 Å². The van der Waals surface area contributed by atoms with Crippen molar-refractivity contribution in [3.63, 3.8) is 0 Å². The molecule has 1 unspecified atom stereocenters. The Morgan fingerprint density at radius 3 is 2.76 bits per heavy atom. The SMILES string of the molecule is CCc1nccc(Sc2cnc(N3CCC4(CC3)CO[C@@H](C)C4C=N)cn2)c1Cl. The number of hydrogen-bond donors (Lipinski definition) is 1. The van der Waals surface area contributed by atoms with Crippen molar-refractivity contribution >= 4 is 35.4 Å². The maximum absolute atomic E-state index is 7.81. The predicted octanol–water partition coefficient (Wildman–Crippen LogP) is 4.51. The maximum atomic E-state index is 7.81. The predicted molar refractivity (Wildman–Crippen MR) is 116 cm³/mol. The first-order valence-corrected chi connectivity index (χ1v) is 11.3. The van der Waals surface area contributed by atoms with Crippen LogP contribution < -0.4 is 4.90 Å². The summed E-state index contributed by atoms with van der Waals surface area (Å²) < 4.78 is 5.87. The third-order valence-corrected chi connectivity index (χ3v) is 7.71. The summed E-state index contributed by atoms with van der Waals surface area (Å²) in [5.41, 5.74) is 1.01. The number of rotatable bonds is 5. The maximum Gasteiger partial charge on any atom is 0.147 e. The van der Waals surface area contributed by atoms with Gasteiger partial charge in [0.05, 0.1) is 35.8 Å². The molecule has 154 valence electrons. The van der Waals surface area contributed by atoms with Crippen LogP contribution in [0.4, 0.5) is 5.82 Å². The molecule has 2 aliphatic rings. The number of aromatic nitrogens is 3. The molecule has 1 N–H and O–H groups in total. The summed E-state index contributed by atoms with van der Waals surface area (Å²) >= 11 is 7.95. The van der Waals surface area contributed by atoms with E-state index < -0.39 is 0 Å². The fraction of sp³-hybridized carbons (Fsp3) is 0.524. The van der Waals surface area contributed by atoms with Crippen molar-refractivity contribution in [3.05, 3.63) is 35.4 Å². The van der Waals surface area contributed by atoms with Crippen molar-refractivity contribution < 1.29 is 4.74 Å². The number of halogens is 1. The molecule has 0 saturated carbocycles. The molecule has 2 atom stereocenters. The molecule has 0 amide bonds. The summed E-state index contributed by atoms with van der Waals surface area (Å²) in [6.07, 6.45) is 10.0. The van der Waals surface area contributed by atoms with Gasteiger partial charge in [-0.25, -0.2) is 9.97 Å². The molecule has 0 bridgehead atoms. The van der Waals surface area contributed by atoms with Gasteiger partial charge in [0.15, 0.2) is 0 Å². The van der Waals surface area contributed by atoms with Crippen molar-refractivity contribution in [2.45, 2.75) is 49.1 Å². The lowest BCUT2D eigenvalue weighted by Crippen LogP contribution is -2.45. The van der Waals surface area contributed by atoms with Crippen LogP contribution in [0.3, 0.4) is 0 Å². The molecule has 1 spiro atoms. The molecule has 2 fully saturated rings. The van der Waals surface area contributed by atoms with Gasteiger partial charge in [0.2, 0.25) is 0 Å². The Morgan fingerprint density at radius 2 is 2.10 bits per heavy atom. The number of nitrogens with one attached hydrogen (secondary N) is 1. The number of pyridine rings is 1. The zero-order chi connectivity index (χ0) is 20.4. The van der Waals surface area contributed by atoms with Crippen LogP contribution in [0.5, 0.6) is 0 Å². The lowest BCUT2D eigenvalue weighted by Gasteiger charge is -2.41. The second-order valence-corrected chi connectivity index (χ2v) is 9.24.